The Hall–Kier alpha value is -1.89. The summed E-state index contributed by atoms with van der Waals surface area (Å²) in [5, 5.41) is -0.654. The zero-order valence-corrected chi connectivity index (χ0v) is 16.8. The van der Waals surface area contributed by atoms with Crippen molar-refractivity contribution in [2.75, 3.05) is 6.61 Å². The number of halogens is 1. The molecule has 3 atom stereocenters. The summed E-state index contributed by atoms with van der Waals surface area (Å²) in [5.41, 5.74) is 6.57. The molecule has 144 valence electrons. The van der Waals surface area contributed by atoms with Crippen LogP contribution in [0.1, 0.15) is 30.9 Å². The number of sulfone groups is 1. The smallest absolute Gasteiger partial charge is 0.328 e. The molecule has 3 rings (SSSR count). The summed E-state index contributed by atoms with van der Waals surface area (Å²) < 4.78 is 31.5. The standard InChI is InChI=1S/C20H22ClNO4S/c1-3-13-5-7-14(8-6-13)17-18(20(17,22)19(23)26-4-2)27(24,25)16-11-9-15(21)10-12-16/h5-12,17-18H,3-4,22H2,1-2H3/t17-,18+,20-/m0/s1. The van der Waals surface area contributed by atoms with Gasteiger partial charge in [0.2, 0.25) is 0 Å². The van der Waals surface area contributed by atoms with Crippen LogP contribution in [0.4, 0.5) is 0 Å². The van der Waals surface area contributed by atoms with Gasteiger partial charge in [-0.1, -0.05) is 42.8 Å². The third kappa shape index (κ3) is 3.37. The van der Waals surface area contributed by atoms with Gasteiger partial charge >= 0.3 is 5.97 Å². The number of rotatable bonds is 6. The van der Waals surface area contributed by atoms with Gasteiger partial charge < -0.3 is 10.5 Å². The summed E-state index contributed by atoms with van der Waals surface area (Å²) in [6, 6.07) is 13.4. The van der Waals surface area contributed by atoms with Crippen molar-refractivity contribution in [2.45, 2.75) is 41.9 Å². The van der Waals surface area contributed by atoms with Crippen molar-refractivity contribution in [3.8, 4) is 0 Å². The van der Waals surface area contributed by atoms with Crippen LogP contribution in [0.3, 0.4) is 0 Å². The van der Waals surface area contributed by atoms with Gasteiger partial charge in [-0.15, -0.1) is 0 Å². The van der Waals surface area contributed by atoms with Gasteiger partial charge in [-0.05, 0) is 48.7 Å². The monoisotopic (exact) mass is 407 g/mol. The molecule has 2 aromatic rings. The zero-order valence-electron chi connectivity index (χ0n) is 15.2. The number of esters is 1. The van der Waals surface area contributed by atoms with E-state index in [0.717, 1.165) is 12.0 Å². The first-order valence-electron chi connectivity index (χ1n) is 8.81. The number of hydrogen-bond acceptors (Lipinski definition) is 5. The Labute approximate surface area is 164 Å². The Morgan fingerprint density at radius 3 is 2.22 bits per heavy atom. The molecule has 1 aliphatic carbocycles. The van der Waals surface area contributed by atoms with Crippen molar-refractivity contribution in [2.24, 2.45) is 5.73 Å². The molecule has 0 heterocycles. The van der Waals surface area contributed by atoms with Crippen LogP contribution in [0, 0.1) is 0 Å². The third-order valence-electron chi connectivity index (χ3n) is 5.03. The fourth-order valence-electron chi connectivity index (χ4n) is 3.49. The van der Waals surface area contributed by atoms with E-state index in [9.17, 15) is 13.2 Å². The summed E-state index contributed by atoms with van der Waals surface area (Å²) in [6.45, 7) is 3.83. The molecule has 0 radical (unpaired) electrons. The second-order valence-corrected chi connectivity index (χ2v) is 9.15. The lowest BCUT2D eigenvalue weighted by atomic mass is 10.0. The molecule has 0 saturated heterocycles. The Kier molecular flexibility index (Phi) is 5.34. The van der Waals surface area contributed by atoms with Gasteiger partial charge in [-0.2, -0.15) is 0 Å². The van der Waals surface area contributed by atoms with E-state index >= 15 is 0 Å². The van der Waals surface area contributed by atoms with Crippen LogP contribution in [0.5, 0.6) is 0 Å². The van der Waals surface area contributed by atoms with Gasteiger partial charge in [-0.25, -0.2) is 13.2 Å². The van der Waals surface area contributed by atoms with Gasteiger partial charge in [-0.3, -0.25) is 0 Å². The van der Waals surface area contributed by atoms with Crippen molar-refractivity contribution in [3.05, 3.63) is 64.7 Å². The molecule has 0 unspecified atom stereocenters. The Bertz CT molecular complexity index is 941. The zero-order chi connectivity index (χ0) is 19.8. The molecule has 1 aliphatic rings. The van der Waals surface area contributed by atoms with Crippen LogP contribution >= 0.6 is 11.6 Å². The highest BCUT2D eigenvalue weighted by Crippen LogP contribution is 2.56. The van der Waals surface area contributed by atoms with Crippen LogP contribution in [-0.2, 0) is 25.8 Å². The third-order valence-corrected chi connectivity index (χ3v) is 7.54. The summed E-state index contributed by atoms with van der Waals surface area (Å²) in [4.78, 5) is 12.6. The van der Waals surface area contributed by atoms with E-state index in [1.807, 2.05) is 31.2 Å². The van der Waals surface area contributed by atoms with Crippen LogP contribution in [-0.4, -0.2) is 31.8 Å². The largest absolute Gasteiger partial charge is 0.465 e. The second-order valence-electron chi connectivity index (χ2n) is 6.65. The lowest BCUT2D eigenvalue weighted by molar-refractivity contribution is -0.145. The SMILES string of the molecule is CCOC(=O)[C@@]1(N)[C@H](S(=O)(=O)c2ccc(Cl)cc2)[C@@H]1c1ccc(CC)cc1. The molecular weight excluding hydrogens is 386 g/mol. The van der Waals surface area contributed by atoms with Gasteiger partial charge in [0.15, 0.2) is 9.84 Å². The van der Waals surface area contributed by atoms with E-state index in [0.29, 0.717) is 10.6 Å². The van der Waals surface area contributed by atoms with E-state index in [4.69, 9.17) is 22.1 Å². The van der Waals surface area contributed by atoms with Gasteiger partial charge in [0.05, 0.1) is 11.5 Å². The summed E-state index contributed by atoms with van der Waals surface area (Å²) in [6.07, 6.45) is 0.864. The number of carbonyl (C=O) groups is 1. The summed E-state index contributed by atoms with van der Waals surface area (Å²) in [5.74, 6) is -1.36. The number of carbonyl (C=O) groups excluding carboxylic acids is 1. The highest BCUT2D eigenvalue weighted by atomic mass is 35.5. The molecule has 0 aliphatic heterocycles. The van der Waals surface area contributed by atoms with Crippen molar-refractivity contribution in [1.82, 2.24) is 0 Å². The maximum atomic E-state index is 13.2. The number of benzene rings is 2. The molecule has 1 saturated carbocycles. The van der Waals surface area contributed by atoms with E-state index in [-0.39, 0.29) is 11.5 Å². The fourth-order valence-corrected chi connectivity index (χ4v) is 5.84. The highest BCUT2D eigenvalue weighted by Gasteiger charge is 2.74. The predicted molar refractivity (Wildman–Crippen MR) is 105 cm³/mol. The molecule has 2 N–H and O–H groups in total. The Morgan fingerprint density at radius 1 is 1.11 bits per heavy atom. The first-order valence-corrected chi connectivity index (χ1v) is 10.7. The second kappa shape index (κ2) is 7.26. The predicted octanol–water partition coefficient (Wildman–Crippen LogP) is 3.10. The molecule has 0 aromatic heterocycles. The lowest BCUT2D eigenvalue weighted by Crippen LogP contribution is -2.41. The molecule has 1 fully saturated rings. The van der Waals surface area contributed by atoms with Gasteiger partial charge in [0.1, 0.15) is 10.8 Å². The van der Waals surface area contributed by atoms with Crippen LogP contribution in [0.25, 0.3) is 0 Å². The molecule has 0 bridgehead atoms. The normalized spacial score (nSPS) is 24.4. The number of aryl methyl sites for hydroxylation is 1. The Morgan fingerprint density at radius 2 is 1.70 bits per heavy atom. The maximum Gasteiger partial charge on any atom is 0.328 e. The van der Waals surface area contributed by atoms with E-state index in [1.54, 1.807) is 6.92 Å². The van der Waals surface area contributed by atoms with Crippen LogP contribution in [0.15, 0.2) is 53.4 Å². The number of hydrogen-bond donors (Lipinski definition) is 1. The average Bonchev–Trinajstić information content (AvgIpc) is 3.31. The van der Waals surface area contributed by atoms with Crippen LogP contribution < -0.4 is 5.73 Å². The first kappa shape index (κ1) is 19.9. The van der Waals surface area contributed by atoms with E-state index in [1.165, 1.54) is 24.3 Å². The van der Waals surface area contributed by atoms with Gasteiger partial charge in [0.25, 0.3) is 0 Å². The molecule has 2 aromatic carbocycles. The van der Waals surface area contributed by atoms with E-state index < -0.39 is 32.5 Å². The molecular formula is C20H22ClNO4S. The summed E-state index contributed by atoms with van der Waals surface area (Å²) >= 11 is 5.86. The molecule has 5 nitrogen and oxygen atoms in total. The van der Waals surface area contributed by atoms with Crippen molar-refractivity contribution in [1.29, 1.82) is 0 Å². The van der Waals surface area contributed by atoms with Crippen LogP contribution in [0.2, 0.25) is 5.02 Å². The van der Waals surface area contributed by atoms with Crippen molar-refractivity contribution < 1.29 is 17.9 Å². The summed E-state index contributed by atoms with van der Waals surface area (Å²) in [7, 11) is -3.85. The first-order chi connectivity index (χ1) is 12.8. The number of nitrogens with two attached hydrogens (primary N) is 1. The minimum absolute atomic E-state index is 0.0868. The quantitative estimate of drug-likeness (QED) is 0.743. The molecule has 7 heteroatoms. The maximum absolute atomic E-state index is 13.2. The number of ether oxygens (including phenoxy) is 1. The minimum Gasteiger partial charge on any atom is -0.465 e. The van der Waals surface area contributed by atoms with E-state index in [2.05, 4.69) is 0 Å². The lowest BCUT2D eigenvalue weighted by Gasteiger charge is -2.11. The Balaban J connectivity index is 2.04. The van der Waals surface area contributed by atoms with Crippen molar-refractivity contribution >= 4 is 27.4 Å². The van der Waals surface area contributed by atoms with Crippen molar-refractivity contribution in [3.63, 3.8) is 0 Å². The average molecular weight is 408 g/mol. The van der Waals surface area contributed by atoms with Gasteiger partial charge in [0, 0.05) is 10.9 Å². The molecule has 27 heavy (non-hydrogen) atoms. The molecule has 0 amide bonds. The molecule has 0 spiro atoms. The topological polar surface area (TPSA) is 86.5 Å². The fraction of sp³-hybridized carbons (Fsp3) is 0.350. The minimum atomic E-state index is -3.85. The highest BCUT2D eigenvalue weighted by molar-refractivity contribution is 7.92.